The predicted molar refractivity (Wildman–Crippen MR) is 95.8 cm³/mol. The maximum Gasteiger partial charge on any atom is 0.457 e. The summed E-state index contributed by atoms with van der Waals surface area (Å²) >= 11 is 8.56. The summed E-state index contributed by atoms with van der Waals surface area (Å²) in [7, 11) is 0. The predicted octanol–water partition coefficient (Wildman–Crippen LogP) is 7.91. The molecule has 0 bridgehead atoms. The second kappa shape index (κ2) is 7.84. The highest BCUT2D eigenvalue weighted by atomic mass is 79.9. The van der Waals surface area contributed by atoms with E-state index in [1.807, 2.05) is 0 Å². The molecule has 1 unspecified atom stereocenters. The van der Waals surface area contributed by atoms with E-state index in [-0.39, 0.29) is 11.6 Å². The molecule has 1 atom stereocenters. The standard InChI is InChI=1S/C17H8BrClF9NO2/c1-7-4-10(14(20,16(23,24)25)15(21,22)17(26,27)28)13(11(18)5-7)9-3-2-8(29(30)31)6-12(9)19/h2-6H,1H3. The van der Waals surface area contributed by atoms with Gasteiger partial charge in [0.05, 0.1) is 9.95 Å². The van der Waals surface area contributed by atoms with Crippen molar-refractivity contribution in [2.24, 2.45) is 0 Å². The van der Waals surface area contributed by atoms with Crippen LogP contribution < -0.4 is 0 Å². The minimum Gasteiger partial charge on any atom is -0.258 e. The molecule has 2 aromatic carbocycles. The number of halogens is 11. The van der Waals surface area contributed by atoms with E-state index in [0.29, 0.717) is 18.2 Å². The zero-order valence-corrected chi connectivity index (χ0v) is 17.1. The van der Waals surface area contributed by atoms with Crippen LogP contribution in [-0.4, -0.2) is 23.2 Å². The maximum absolute atomic E-state index is 15.2. The van der Waals surface area contributed by atoms with Crippen molar-refractivity contribution >= 4 is 33.2 Å². The Morgan fingerprint density at radius 2 is 1.48 bits per heavy atom. The molecule has 31 heavy (non-hydrogen) atoms. The summed E-state index contributed by atoms with van der Waals surface area (Å²) in [6.45, 7) is 1.04. The first kappa shape index (κ1) is 25.2. The van der Waals surface area contributed by atoms with Gasteiger partial charge in [-0.2, -0.15) is 35.1 Å². The van der Waals surface area contributed by atoms with E-state index in [0.717, 1.165) is 13.0 Å². The topological polar surface area (TPSA) is 43.1 Å². The zero-order chi connectivity index (χ0) is 24.2. The summed E-state index contributed by atoms with van der Waals surface area (Å²) in [5.74, 6) is -6.90. The maximum atomic E-state index is 15.2. The van der Waals surface area contributed by atoms with Crippen LogP contribution >= 0.6 is 27.5 Å². The number of aryl methyl sites for hydroxylation is 1. The van der Waals surface area contributed by atoms with Gasteiger partial charge in [0.15, 0.2) is 0 Å². The molecular weight excluding hydrogens is 537 g/mol. The molecule has 0 aliphatic carbocycles. The van der Waals surface area contributed by atoms with Crippen molar-refractivity contribution in [3.05, 3.63) is 61.1 Å². The van der Waals surface area contributed by atoms with E-state index in [4.69, 9.17) is 11.6 Å². The summed E-state index contributed by atoms with van der Waals surface area (Å²) < 4.78 is 122. The van der Waals surface area contributed by atoms with Crippen molar-refractivity contribution in [2.45, 2.75) is 30.9 Å². The van der Waals surface area contributed by atoms with E-state index in [9.17, 15) is 45.2 Å². The Hall–Kier alpha value is -2.02. The van der Waals surface area contributed by atoms with Gasteiger partial charge < -0.3 is 0 Å². The van der Waals surface area contributed by atoms with Crippen molar-refractivity contribution in [1.29, 1.82) is 0 Å². The molecule has 0 N–H and O–H groups in total. The summed E-state index contributed by atoms with van der Waals surface area (Å²) in [6.07, 6.45) is -13.6. The minimum atomic E-state index is -6.91. The molecular formula is C17H8BrClF9NO2. The van der Waals surface area contributed by atoms with Crippen LogP contribution in [0.5, 0.6) is 0 Å². The highest BCUT2D eigenvalue weighted by Crippen LogP contribution is 2.60. The van der Waals surface area contributed by atoms with E-state index in [1.54, 1.807) is 0 Å². The quantitative estimate of drug-likeness (QED) is 0.223. The third-order valence-corrected chi connectivity index (χ3v) is 5.16. The summed E-state index contributed by atoms with van der Waals surface area (Å²) in [5, 5.41) is 10.1. The summed E-state index contributed by atoms with van der Waals surface area (Å²) in [5.41, 5.74) is -10.9. The monoisotopic (exact) mass is 543 g/mol. The second-order valence-electron chi connectivity index (χ2n) is 6.32. The number of hydrogen-bond acceptors (Lipinski definition) is 2. The Morgan fingerprint density at radius 1 is 0.935 bits per heavy atom. The van der Waals surface area contributed by atoms with Gasteiger partial charge in [0.2, 0.25) is 0 Å². The lowest BCUT2D eigenvalue weighted by Crippen LogP contribution is -2.60. The molecule has 14 heteroatoms. The first-order chi connectivity index (χ1) is 13.9. The summed E-state index contributed by atoms with van der Waals surface area (Å²) in [4.78, 5) is 9.88. The van der Waals surface area contributed by atoms with Crippen molar-refractivity contribution in [3.63, 3.8) is 0 Å². The van der Waals surface area contributed by atoms with Crippen molar-refractivity contribution in [2.75, 3.05) is 0 Å². The van der Waals surface area contributed by atoms with E-state index >= 15 is 4.39 Å². The van der Waals surface area contributed by atoms with Gasteiger partial charge >= 0.3 is 23.9 Å². The number of nitro benzene ring substituents is 1. The molecule has 0 saturated heterocycles. The molecule has 3 nitrogen and oxygen atoms in total. The van der Waals surface area contributed by atoms with E-state index in [1.165, 1.54) is 0 Å². The minimum absolute atomic E-state index is 0.185. The van der Waals surface area contributed by atoms with Gasteiger partial charge in [0.25, 0.3) is 5.69 Å². The normalized spacial score (nSPS) is 15.0. The fourth-order valence-electron chi connectivity index (χ4n) is 2.80. The molecule has 0 aromatic heterocycles. The van der Waals surface area contributed by atoms with Crippen LogP contribution in [-0.2, 0) is 5.67 Å². The highest BCUT2D eigenvalue weighted by molar-refractivity contribution is 9.10. The average molecular weight is 545 g/mol. The number of hydrogen-bond donors (Lipinski definition) is 0. The van der Waals surface area contributed by atoms with Crippen LogP contribution in [0.25, 0.3) is 11.1 Å². The molecule has 0 amide bonds. The van der Waals surface area contributed by atoms with Gasteiger partial charge in [-0.25, -0.2) is 4.39 Å². The number of nitro groups is 1. The van der Waals surface area contributed by atoms with Crippen LogP contribution in [0.15, 0.2) is 34.8 Å². The molecule has 0 spiro atoms. The lowest BCUT2D eigenvalue weighted by molar-refractivity contribution is -0.389. The van der Waals surface area contributed by atoms with Gasteiger partial charge in [-0.05, 0) is 24.6 Å². The molecule has 0 aliphatic heterocycles. The van der Waals surface area contributed by atoms with Crippen LogP contribution in [0.3, 0.4) is 0 Å². The molecule has 0 radical (unpaired) electrons. The molecule has 0 fully saturated rings. The van der Waals surface area contributed by atoms with E-state index < -0.39 is 60.7 Å². The highest BCUT2D eigenvalue weighted by Gasteiger charge is 2.82. The summed E-state index contributed by atoms with van der Waals surface area (Å²) in [6, 6.07) is 3.26. The van der Waals surface area contributed by atoms with Crippen LogP contribution in [0.4, 0.5) is 45.2 Å². The third-order valence-electron chi connectivity index (χ3n) is 4.22. The van der Waals surface area contributed by atoms with E-state index in [2.05, 4.69) is 15.9 Å². The fourth-order valence-corrected chi connectivity index (χ4v) is 3.86. The lowest BCUT2D eigenvalue weighted by Gasteiger charge is -2.37. The number of non-ortho nitro benzene ring substituents is 1. The molecule has 0 heterocycles. The molecule has 0 aliphatic rings. The van der Waals surface area contributed by atoms with Gasteiger partial charge in [-0.3, -0.25) is 10.1 Å². The van der Waals surface area contributed by atoms with Gasteiger partial charge in [-0.15, -0.1) is 0 Å². The first-order valence-electron chi connectivity index (χ1n) is 7.81. The molecule has 2 rings (SSSR count). The fraction of sp³-hybridized carbons (Fsp3) is 0.294. The third kappa shape index (κ3) is 4.09. The average Bonchev–Trinajstić information content (AvgIpc) is 2.58. The molecule has 170 valence electrons. The largest absolute Gasteiger partial charge is 0.457 e. The first-order valence-corrected chi connectivity index (χ1v) is 8.98. The van der Waals surface area contributed by atoms with Gasteiger partial charge in [0, 0.05) is 33.3 Å². The Balaban J connectivity index is 3.03. The Labute approximate surface area is 181 Å². The number of nitrogens with zero attached hydrogens (tertiary/aromatic N) is 1. The zero-order valence-electron chi connectivity index (χ0n) is 14.8. The lowest BCUT2D eigenvalue weighted by atomic mass is 9.82. The smallest absolute Gasteiger partial charge is 0.258 e. The van der Waals surface area contributed by atoms with Crippen molar-refractivity contribution in [3.8, 4) is 11.1 Å². The number of alkyl halides is 9. The SMILES string of the molecule is Cc1cc(Br)c(-c2ccc([N+](=O)[O-])cc2Cl)c(C(F)(C(F)(F)F)C(F)(F)C(F)(F)F)c1. The van der Waals surface area contributed by atoms with Crippen molar-refractivity contribution in [1.82, 2.24) is 0 Å². The number of rotatable bonds is 4. The van der Waals surface area contributed by atoms with Gasteiger partial charge in [-0.1, -0.05) is 33.6 Å². The Bertz CT molecular complexity index is 1040. The Morgan fingerprint density at radius 3 is 1.90 bits per heavy atom. The number of benzene rings is 2. The molecule has 0 saturated carbocycles. The second-order valence-corrected chi connectivity index (χ2v) is 7.58. The van der Waals surface area contributed by atoms with Crippen molar-refractivity contribution < 1.29 is 44.4 Å². The molecule has 2 aromatic rings. The van der Waals surface area contributed by atoms with Crippen LogP contribution in [0.2, 0.25) is 5.02 Å². The van der Waals surface area contributed by atoms with Crippen LogP contribution in [0.1, 0.15) is 11.1 Å². The Kier molecular flexibility index (Phi) is 6.38. The van der Waals surface area contributed by atoms with Crippen LogP contribution in [0, 0.1) is 17.0 Å². The van der Waals surface area contributed by atoms with Gasteiger partial charge in [0.1, 0.15) is 0 Å².